The molecule has 1 aromatic heterocycles. The van der Waals surface area contributed by atoms with Gasteiger partial charge in [0.1, 0.15) is 11.4 Å². The molecule has 0 unspecified atom stereocenters. The first kappa shape index (κ1) is 29.9. The van der Waals surface area contributed by atoms with Crippen LogP contribution in [0.25, 0.3) is 0 Å². The molecule has 0 atom stereocenters. The van der Waals surface area contributed by atoms with E-state index in [1.807, 2.05) is 30.9 Å². The summed E-state index contributed by atoms with van der Waals surface area (Å²) in [6, 6.07) is 8.31. The number of nitrogens with one attached hydrogen (secondary N) is 1. The minimum Gasteiger partial charge on any atom is -0.478 e. The van der Waals surface area contributed by atoms with Crippen LogP contribution in [0.15, 0.2) is 41.4 Å². The summed E-state index contributed by atoms with van der Waals surface area (Å²) in [5.74, 6) is -3.08. The molecular formula is C24H30F3N3O6S. The number of hydrogen-bond acceptors (Lipinski definition) is 6. The summed E-state index contributed by atoms with van der Waals surface area (Å²) in [5.41, 5.74) is 1.26. The second kappa shape index (κ2) is 12.7. The number of pyridine rings is 1. The molecule has 0 saturated heterocycles. The molecule has 0 spiro atoms. The first-order chi connectivity index (χ1) is 17.3. The van der Waals surface area contributed by atoms with E-state index in [4.69, 9.17) is 9.90 Å². The first-order valence-corrected chi connectivity index (χ1v) is 13.2. The van der Waals surface area contributed by atoms with Gasteiger partial charge in [0.05, 0.1) is 16.8 Å². The second-order valence-corrected chi connectivity index (χ2v) is 10.1. The van der Waals surface area contributed by atoms with Crippen LogP contribution in [0.3, 0.4) is 0 Å². The maximum absolute atomic E-state index is 12.8. The average molecular weight is 546 g/mol. The van der Waals surface area contributed by atoms with Gasteiger partial charge in [0.15, 0.2) is 0 Å². The number of sulfonamides is 1. The lowest BCUT2D eigenvalue weighted by Gasteiger charge is -2.22. The molecule has 1 aliphatic rings. The zero-order chi connectivity index (χ0) is 27.8. The summed E-state index contributed by atoms with van der Waals surface area (Å²) in [5, 5.41) is 16.7. The number of nitrogens with zero attached hydrogens (tertiary/aromatic N) is 2. The zero-order valence-corrected chi connectivity index (χ0v) is 21.3. The van der Waals surface area contributed by atoms with E-state index in [9.17, 15) is 31.5 Å². The van der Waals surface area contributed by atoms with Crippen molar-refractivity contribution in [3.05, 3.63) is 47.7 Å². The van der Waals surface area contributed by atoms with Crippen molar-refractivity contribution >= 4 is 33.5 Å². The largest absolute Gasteiger partial charge is 0.490 e. The van der Waals surface area contributed by atoms with Gasteiger partial charge in [0, 0.05) is 13.1 Å². The number of hydrogen-bond donors (Lipinski definition) is 3. The molecule has 1 aromatic carbocycles. The second-order valence-electron chi connectivity index (χ2n) is 8.38. The van der Waals surface area contributed by atoms with Crippen LogP contribution in [0.5, 0.6) is 0 Å². The number of alkyl halides is 3. The molecular weight excluding hydrogens is 515 g/mol. The molecule has 1 aliphatic carbocycles. The van der Waals surface area contributed by atoms with Gasteiger partial charge in [-0.05, 0) is 56.4 Å². The lowest BCUT2D eigenvalue weighted by molar-refractivity contribution is -0.192. The molecule has 37 heavy (non-hydrogen) atoms. The molecule has 204 valence electrons. The van der Waals surface area contributed by atoms with Gasteiger partial charge in [0.25, 0.3) is 10.0 Å². The van der Waals surface area contributed by atoms with Crippen molar-refractivity contribution in [2.45, 2.75) is 62.9 Å². The minimum absolute atomic E-state index is 0.0356. The smallest absolute Gasteiger partial charge is 0.478 e. The van der Waals surface area contributed by atoms with Crippen molar-refractivity contribution in [2.24, 2.45) is 0 Å². The summed E-state index contributed by atoms with van der Waals surface area (Å²) in [6.45, 7) is 5.01. The highest BCUT2D eigenvalue weighted by Gasteiger charge is 2.38. The molecule has 0 amide bonds. The van der Waals surface area contributed by atoms with Crippen molar-refractivity contribution < 1.29 is 41.4 Å². The molecule has 3 rings (SSSR count). The molecule has 1 heterocycles. The third kappa shape index (κ3) is 8.34. The quantitative estimate of drug-likeness (QED) is 0.416. The van der Waals surface area contributed by atoms with Crippen molar-refractivity contribution in [1.29, 1.82) is 0 Å². The fourth-order valence-corrected chi connectivity index (χ4v) is 5.05. The Kier molecular flexibility index (Phi) is 10.3. The van der Waals surface area contributed by atoms with Gasteiger partial charge >= 0.3 is 18.1 Å². The number of aromatic carboxylic acids is 1. The van der Waals surface area contributed by atoms with Crippen LogP contribution in [0, 0.1) is 0 Å². The highest BCUT2D eigenvalue weighted by Crippen LogP contribution is 2.33. The summed E-state index contributed by atoms with van der Waals surface area (Å²) >= 11 is 0. The van der Waals surface area contributed by atoms with Crippen LogP contribution < -0.4 is 9.62 Å². The normalized spacial score (nSPS) is 14.3. The summed E-state index contributed by atoms with van der Waals surface area (Å²) < 4.78 is 59.8. The summed E-state index contributed by atoms with van der Waals surface area (Å²) in [7, 11) is -3.84. The van der Waals surface area contributed by atoms with Crippen molar-refractivity contribution in [1.82, 2.24) is 4.98 Å². The number of benzene rings is 1. The third-order valence-electron chi connectivity index (χ3n) is 5.92. The molecule has 1 saturated carbocycles. The SMILES string of the molecule is CCN(CC)c1ncc(NS(=O)(=O)c2ccc(C3CCCCC3)cc2)cc1C(=O)O.O=C(O)C(F)(F)F. The van der Waals surface area contributed by atoms with Crippen molar-refractivity contribution in [3.63, 3.8) is 0 Å². The molecule has 0 bridgehead atoms. The topological polar surface area (TPSA) is 137 Å². The van der Waals surface area contributed by atoms with Gasteiger partial charge in [-0.3, -0.25) is 4.72 Å². The third-order valence-corrected chi connectivity index (χ3v) is 7.32. The highest BCUT2D eigenvalue weighted by molar-refractivity contribution is 7.92. The maximum Gasteiger partial charge on any atom is 0.490 e. The van der Waals surface area contributed by atoms with E-state index in [-0.39, 0.29) is 16.1 Å². The Morgan fingerprint density at radius 3 is 2.05 bits per heavy atom. The number of carbonyl (C=O) groups is 2. The van der Waals surface area contributed by atoms with Gasteiger partial charge in [0.2, 0.25) is 0 Å². The number of carboxylic acids is 2. The minimum atomic E-state index is -5.08. The van der Waals surface area contributed by atoms with Crippen molar-refractivity contribution in [2.75, 3.05) is 22.7 Å². The number of halogens is 3. The zero-order valence-electron chi connectivity index (χ0n) is 20.5. The lowest BCUT2D eigenvalue weighted by Crippen LogP contribution is -2.25. The lowest BCUT2D eigenvalue weighted by atomic mass is 9.84. The number of rotatable bonds is 8. The predicted molar refractivity (Wildman–Crippen MR) is 132 cm³/mol. The molecule has 9 nitrogen and oxygen atoms in total. The number of aromatic nitrogens is 1. The fourth-order valence-electron chi connectivity index (χ4n) is 4.02. The highest BCUT2D eigenvalue weighted by atomic mass is 32.2. The van der Waals surface area contributed by atoms with Gasteiger partial charge in [-0.15, -0.1) is 0 Å². The van der Waals surface area contributed by atoms with E-state index in [1.54, 1.807) is 12.1 Å². The predicted octanol–water partition coefficient (Wildman–Crippen LogP) is 5.11. The fraction of sp³-hybridized carbons (Fsp3) is 0.458. The van der Waals surface area contributed by atoms with E-state index >= 15 is 0 Å². The first-order valence-electron chi connectivity index (χ1n) is 11.7. The Labute approximate surface area is 213 Å². The Morgan fingerprint density at radius 2 is 1.59 bits per heavy atom. The average Bonchev–Trinajstić information content (AvgIpc) is 2.85. The number of aliphatic carboxylic acids is 1. The monoisotopic (exact) mass is 545 g/mol. The molecule has 1 fully saturated rings. The van der Waals surface area contributed by atoms with Gasteiger partial charge in [-0.25, -0.2) is 23.0 Å². The van der Waals surface area contributed by atoms with Gasteiger partial charge in [-0.2, -0.15) is 13.2 Å². The van der Waals surface area contributed by atoms with E-state index in [0.717, 1.165) is 12.8 Å². The van der Waals surface area contributed by atoms with Crippen molar-refractivity contribution in [3.8, 4) is 0 Å². The van der Waals surface area contributed by atoms with Crippen LogP contribution >= 0.6 is 0 Å². The Hall–Kier alpha value is -3.35. The Bertz CT molecular complexity index is 1180. The van der Waals surface area contributed by atoms with E-state index < -0.39 is 28.1 Å². The maximum atomic E-state index is 12.8. The standard InChI is InChI=1S/C22H29N3O4S.C2HF3O2/c1-3-25(4-2)21-20(22(26)27)14-18(15-23-21)24-30(28,29)19-12-10-17(11-13-19)16-8-6-5-7-9-16;3-2(4,5)1(6)7/h10-16,24H,3-9H2,1-2H3,(H,26,27);(H,6,7). The Morgan fingerprint density at radius 1 is 1.05 bits per heavy atom. The van der Waals surface area contributed by atoms with Gasteiger partial charge < -0.3 is 15.1 Å². The van der Waals surface area contributed by atoms with Crippen LogP contribution in [0.4, 0.5) is 24.7 Å². The van der Waals surface area contributed by atoms with E-state index in [2.05, 4.69) is 9.71 Å². The number of carboxylic acid groups (broad SMARTS) is 2. The number of anilines is 2. The van der Waals surface area contributed by atoms with Crippen LogP contribution in [-0.4, -0.2) is 54.8 Å². The molecule has 13 heteroatoms. The molecule has 0 aliphatic heterocycles. The van der Waals surface area contributed by atoms with Crippen LogP contribution in [-0.2, 0) is 14.8 Å². The van der Waals surface area contributed by atoms with Gasteiger partial charge in [-0.1, -0.05) is 31.4 Å². The van der Waals surface area contributed by atoms with E-state index in [0.29, 0.717) is 24.8 Å². The molecule has 3 N–H and O–H groups in total. The molecule has 2 aromatic rings. The summed E-state index contributed by atoms with van der Waals surface area (Å²) in [6.07, 6.45) is 2.27. The Balaban J connectivity index is 0.000000604. The van der Waals surface area contributed by atoms with Crippen LogP contribution in [0.2, 0.25) is 0 Å². The van der Waals surface area contributed by atoms with Crippen LogP contribution in [0.1, 0.15) is 67.8 Å². The molecule has 0 radical (unpaired) electrons. The van der Waals surface area contributed by atoms with E-state index in [1.165, 1.54) is 37.1 Å². The summed E-state index contributed by atoms with van der Waals surface area (Å²) in [4.78, 5) is 26.8.